The Morgan fingerprint density at radius 1 is 1.14 bits per heavy atom. The number of ketones is 1. The molecule has 2 N–H and O–H groups in total. The lowest BCUT2D eigenvalue weighted by atomic mass is 9.99. The van der Waals surface area contributed by atoms with Gasteiger partial charge >= 0.3 is 6.18 Å². The normalized spacial score (nSPS) is 11.4. The first-order valence-corrected chi connectivity index (χ1v) is 6.33. The molecule has 21 heavy (non-hydrogen) atoms. The third-order valence-electron chi connectivity index (χ3n) is 3.13. The fourth-order valence-corrected chi connectivity index (χ4v) is 2.05. The summed E-state index contributed by atoms with van der Waals surface area (Å²) >= 11 is 0. The van der Waals surface area contributed by atoms with Crippen LogP contribution in [0, 0.1) is 6.92 Å². The van der Waals surface area contributed by atoms with E-state index in [0.717, 1.165) is 17.7 Å². The van der Waals surface area contributed by atoms with Crippen LogP contribution in [0.25, 0.3) is 0 Å². The first-order chi connectivity index (χ1) is 9.77. The zero-order valence-corrected chi connectivity index (χ0v) is 11.4. The van der Waals surface area contributed by atoms with Gasteiger partial charge in [0.2, 0.25) is 0 Å². The van der Waals surface area contributed by atoms with Gasteiger partial charge in [0.25, 0.3) is 0 Å². The van der Waals surface area contributed by atoms with Crippen molar-refractivity contribution in [2.45, 2.75) is 19.5 Å². The van der Waals surface area contributed by atoms with Gasteiger partial charge in [0.15, 0.2) is 5.78 Å². The van der Waals surface area contributed by atoms with Gasteiger partial charge in [-0.05, 0) is 30.7 Å². The van der Waals surface area contributed by atoms with E-state index in [9.17, 15) is 18.0 Å². The minimum atomic E-state index is -4.42. The highest BCUT2D eigenvalue weighted by atomic mass is 19.4. The Kier molecular flexibility index (Phi) is 4.02. The molecule has 0 radical (unpaired) electrons. The zero-order chi connectivity index (χ0) is 15.6. The number of carbonyl (C=O) groups is 1. The van der Waals surface area contributed by atoms with E-state index in [2.05, 4.69) is 0 Å². The number of hydrogen-bond acceptors (Lipinski definition) is 2. The van der Waals surface area contributed by atoms with Gasteiger partial charge in [-0.3, -0.25) is 4.79 Å². The highest BCUT2D eigenvalue weighted by molar-refractivity contribution is 6.02. The van der Waals surface area contributed by atoms with E-state index < -0.39 is 11.7 Å². The first kappa shape index (κ1) is 15.1. The maximum absolute atomic E-state index is 12.6. The SMILES string of the molecule is Cc1ccc(N)c(C(=O)Cc2cccc(C(F)(F)F)c2)c1. The molecule has 0 aliphatic rings. The average Bonchev–Trinajstić information content (AvgIpc) is 2.41. The van der Waals surface area contributed by atoms with Gasteiger partial charge in [0.05, 0.1) is 5.56 Å². The van der Waals surface area contributed by atoms with Gasteiger partial charge in [-0.15, -0.1) is 0 Å². The van der Waals surface area contributed by atoms with E-state index in [1.165, 1.54) is 12.1 Å². The highest BCUT2D eigenvalue weighted by Gasteiger charge is 2.30. The second-order valence-electron chi connectivity index (χ2n) is 4.89. The summed E-state index contributed by atoms with van der Waals surface area (Å²) in [7, 11) is 0. The molecule has 0 heterocycles. The Morgan fingerprint density at radius 2 is 1.86 bits per heavy atom. The predicted octanol–water partition coefficient (Wildman–Crippen LogP) is 4.02. The molecule has 2 aromatic rings. The van der Waals surface area contributed by atoms with Gasteiger partial charge in [-0.1, -0.05) is 29.8 Å². The maximum Gasteiger partial charge on any atom is 0.416 e. The zero-order valence-electron chi connectivity index (χ0n) is 11.4. The number of hydrogen-bond donors (Lipinski definition) is 1. The number of halogens is 3. The van der Waals surface area contributed by atoms with E-state index >= 15 is 0 Å². The molecular formula is C16H14F3NO. The Morgan fingerprint density at radius 3 is 2.52 bits per heavy atom. The molecule has 5 heteroatoms. The summed E-state index contributed by atoms with van der Waals surface area (Å²) in [6.07, 6.45) is -4.53. The second-order valence-corrected chi connectivity index (χ2v) is 4.89. The molecule has 2 aromatic carbocycles. The third-order valence-corrected chi connectivity index (χ3v) is 3.13. The van der Waals surface area contributed by atoms with E-state index in [1.807, 2.05) is 6.92 Å². The molecule has 2 rings (SSSR count). The molecule has 0 amide bonds. The maximum atomic E-state index is 12.6. The molecule has 0 aliphatic heterocycles. The molecule has 0 atom stereocenters. The number of alkyl halides is 3. The second kappa shape index (κ2) is 5.60. The monoisotopic (exact) mass is 293 g/mol. The number of carbonyl (C=O) groups excluding carboxylic acids is 1. The van der Waals surface area contributed by atoms with Crippen molar-refractivity contribution in [3.63, 3.8) is 0 Å². The Hall–Kier alpha value is -2.30. The summed E-state index contributed by atoms with van der Waals surface area (Å²) < 4.78 is 37.9. The van der Waals surface area contributed by atoms with Crippen LogP contribution in [-0.4, -0.2) is 5.78 Å². The third kappa shape index (κ3) is 3.62. The van der Waals surface area contributed by atoms with Crippen molar-refractivity contribution < 1.29 is 18.0 Å². The fourth-order valence-electron chi connectivity index (χ4n) is 2.05. The van der Waals surface area contributed by atoms with Crippen molar-refractivity contribution >= 4 is 11.5 Å². The van der Waals surface area contributed by atoms with Crippen molar-refractivity contribution in [2.24, 2.45) is 0 Å². The molecule has 0 saturated carbocycles. The van der Waals surface area contributed by atoms with Crippen LogP contribution in [0.2, 0.25) is 0 Å². The molecule has 0 fully saturated rings. The molecule has 0 bridgehead atoms. The van der Waals surface area contributed by atoms with Crippen LogP contribution in [0.15, 0.2) is 42.5 Å². The van der Waals surface area contributed by atoms with Crippen LogP contribution in [0.4, 0.5) is 18.9 Å². The molecule has 2 nitrogen and oxygen atoms in total. The summed E-state index contributed by atoms with van der Waals surface area (Å²) in [5, 5.41) is 0. The van der Waals surface area contributed by atoms with Crippen LogP contribution in [0.5, 0.6) is 0 Å². The molecule has 0 aliphatic carbocycles. The topological polar surface area (TPSA) is 43.1 Å². The number of rotatable bonds is 3. The summed E-state index contributed by atoms with van der Waals surface area (Å²) in [4.78, 5) is 12.2. The summed E-state index contributed by atoms with van der Waals surface area (Å²) in [5.74, 6) is -0.296. The lowest BCUT2D eigenvalue weighted by Crippen LogP contribution is -2.09. The first-order valence-electron chi connectivity index (χ1n) is 6.33. The van der Waals surface area contributed by atoms with Crippen molar-refractivity contribution in [3.8, 4) is 0 Å². The molecule has 0 aromatic heterocycles. The standard InChI is InChI=1S/C16H14F3NO/c1-10-5-6-14(20)13(7-10)15(21)9-11-3-2-4-12(8-11)16(17,18)19/h2-8H,9,20H2,1H3. The summed E-state index contributed by atoms with van der Waals surface area (Å²) in [6.45, 7) is 1.82. The van der Waals surface area contributed by atoms with Crippen molar-refractivity contribution in [2.75, 3.05) is 5.73 Å². The van der Waals surface area contributed by atoms with Gasteiger partial charge in [0, 0.05) is 17.7 Å². The molecule has 110 valence electrons. The number of nitrogen functional groups attached to an aromatic ring is 1. The Bertz CT molecular complexity index is 677. The van der Waals surface area contributed by atoms with Crippen LogP contribution >= 0.6 is 0 Å². The molecule has 0 unspecified atom stereocenters. The Balaban J connectivity index is 2.26. The molecular weight excluding hydrogens is 279 g/mol. The van der Waals surface area contributed by atoms with Crippen molar-refractivity contribution in [1.29, 1.82) is 0 Å². The van der Waals surface area contributed by atoms with Gasteiger partial charge in [-0.25, -0.2) is 0 Å². The quantitative estimate of drug-likeness (QED) is 0.686. The lowest BCUT2D eigenvalue weighted by Gasteiger charge is -2.09. The van der Waals surface area contributed by atoms with Crippen LogP contribution in [0.3, 0.4) is 0 Å². The fraction of sp³-hybridized carbons (Fsp3) is 0.188. The van der Waals surface area contributed by atoms with E-state index in [1.54, 1.807) is 18.2 Å². The largest absolute Gasteiger partial charge is 0.416 e. The predicted molar refractivity (Wildman–Crippen MR) is 75.1 cm³/mol. The number of Topliss-reactive ketones (excluding diaryl/α,β-unsaturated/α-hetero) is 1. The minimum absolute atomic E-state index is 0.114. The average molecular weight is 293 g/mol. The van der Waals surface area contributed by atoms with E-state index in [-0.39, 0.29) is 12.2 Å². The van der Waals surface area contributed by atoms with Crippen LogP contribution < -0.4 is 5.73 Å². The Labute approximate surface area is 120 Å². The van der Waals surface area contributed by atoms with E-state index in [4.69, 9.17) is 5.73 Å². The lowest BCUT2D eigenvalue weighted by molar-refractivity contribution is -0.137. The van der Waals surface area contributed by atoms with E-state index in [0.29, 0.717) is 16.8 Å². The smallest absolute Gasteiger partial charge is 0.398 e. The molecule has 0 saturated heterocycles. The van der Waals surface area contributed by atoms with Crippen molar-refractivity contribution in [3.05, 3.63) is 64.7 Å². The number of nitrogens with two attached hydrogens (primary N) is 1. The van der Waals surface area contributed by atoms with Crippen LogP contribution in [-0.2, 0) is 12.6 Å². The number of anilines is 1. The highest BCUT2D eigenvalue weighted by Crippen LogP contribution is 2.29. The number of benzene rings is 2. The number of aryl methyl sites for hydroxylation is 1. The summed E-state index contributed by atoms with van der Waals surface area (Å²) in [6, 6.07) is 9.80. The van der Waals surface area contributed by atoms with Crippen LogP contribution in [0.1, 0.15) is 27.0 Å². The van der Waals surface area contributed by atoms with Gasteiger partial charge in [-0.2, -0.15) is 13.2 Å². The summed E-state index contributed by atoms with van der Waals surface area (Å²) in [5.41, 5.74) is 6.84. The van der Waals surface area contributed by atoms with Gasteiger partial charge in [0.1, 0.15) is 0 Å². The van der Waals surface area contributed by atoms with Gasteiger partial charge < -0.3 is 5.73 Å². The van der Waals surface area contributed by atoms with Crippen molar-refractivity contribution in [1.82, 2.24) is 0 Å². The minimum Gasteiger partial charge on any atom is -0.398 e. The molecule has 0 spiro atoms.